The Balaban J connectivity index is 0.00000256. The van der Waals surface area contributed by atoms with E-state index in [0.717, 1.165) is 12.3 Å². The van der Waals surface area contributed by atoms with Crippen LogP contribution in [-0.4, -0.2) is 29.7 Å². The van der Waals surface area contributed by atoms with E-state index in [1.165, 1.54) is 12.3 Å². The van der Waals surface area contributed by atoms with E-state index in [1.807, 2.05) is 0 Å². The molecule has 0 aromatic carbocycles. The van der Waals surface area contributed by atoms with E-state index in [9.17, 15) is 14.2 Å². The van der Waals surface area contributed by atoms with Crippen LogP contribution >= 0.6 is 15.2 Å². The number of pyridine rings is 1. The van der Waals surface area contributed by atoms with Gasteiger partial charge in [0.1, 0.15) is 0 Å². The molecule has 0 aliphatic carbocycles. The molecule has 0 aliphatic heterocycles. The standard InChI is InChI=1S/C6H9NO7P2.Cu/c8-6(15(9,10)11,16(12,13)14)5-2-1-3-7-4-5;/h1-4,8H,(H2,9,10,11)(H2,12,13,14);. The third kappa shape index (κ3) is 3.03. The molecule has 8 nitrogen and oxygen atoms in total. The summed E-state index contributed by atoms with van der Waals surface area (Å²) < 4.78 is 22.0. The van der Waals surface area contributed by atoms with E-state index in [0.29, 0.717) is 0 Å². The maximum absolute atomic E-state index is 11.0. The molecule has 101 valence electrons. The molecule has 1 radical (unpaired) electrons. The van der Waals surface area contributed by atoms with Gasteiger partial charge in [-0.1, -0.05) is 6.07 Å². The number of hydrogen-bond donors (Lipinski definition) is 5. The average molecular weight is 333 g/mol. The van der Waals surface area contributed by atoms with E-state index in [1.54, 1.807) is 0 Å². The number of nitrogens with zero attached hydrogens (tertiary/aromatic N) is 1. The Labute approximate surface area is 107 Å². The first-order valence-corrected chi connectivity index (χ1v) is 7.07. The topological polar surface area (TPSA) is 148 Å². The third-order valence-corrected chi connectivity index (χ3v) is 5.57. The quantitative estimate of drug-likeness (QED) is 0.369. The zero-order valence-electron chi connectivity index (χ0n) is 8.01. The number of aliphatic hydroxyl groups is 1. The van der Waals surface area contributed by atoms with Gasteiger partial charge in [0.25, 0.3) is 5.08 Å². The summed E-state index contributed by atoms with van der Waals surface area (Å²) in [6, 6.07) is 2.15. The second-order valence-electron chi connectivity index (χ2n) is 2.97. The van der Waals surface area contributed by atoms with E-state index >= 15 is 0 Å². The van der Waals surface area contributed by atoms with Crippen molar-refractivity contribution < 1.29 is 50.9 Å². The molecule has 5 N–H and O–H groups in total. The molecule has 11 heteroatoms. The van der Waals surface area contributed by atoms with Crippen molar-refractivity contribution in [3.8, 4) is 0 Å². The van der Waals surface area contributed by atoms with Crippen LogP contribution in [0.4, 0.5) is 0 Å². The summed E-state index contributed by atoms with van der Waals surface area (Å²) in [4.78, 5) is 38.9. The Morgan fingerprint density at radius 3 is 1.88 bits per heavy atom. The molecule has 0 spiro atoms. The molecule has 0 atom stereocenters. The van der Waals surface area contributed by atoms with Crippen molar-refractivity contribution in [2.45, 2.75) is 5.08 Å². The number of aromatic nitrogens is 1. The van der Waals surface area contributed by atoms with Crippen LogP contribution in [0.5, 0.6) is 0 Å². The molecule has 1 aromatic rings. The fraction of sp³-hybridized carbons (Fsp3) is 0.167. The van der Waals surface area contributed by atoms with Gasteiger partial charge in [-0.3, -0.25) is 14.1 Å². The van der Waals surface area contributed by atoms with Crippen LogP contribution in [0.1, 0.15) is 5.56 Å². The Hall–Kier alpha value is -0.0705. The monoisotopic (exact) mass is 332 g/mol. The van der Waals surface area contributed by atoms with Crippen LogP contribution in [0.3, 0.4) is 0 Å². The molecule has 0 saturated heterocycles. The molecule has 0 unspecified atom stereocenters. The predicted octanol–water partition coefficient (Wildman–Crippen LogP) is -0.463. The fourth-order valence-electron chi connectivity index (χ4n) is 1.07. The molecule has 0 fully saturated rings. The molecule has 1 rings (SSSR count). The number of rotatable bonds is 3. The van der Waals surface area contributed by atoms with Crippen molar-refractivity contribution >= 4 is 15.2 Å². The van der Waals surface area contributed by atoms with Crippen molar-refractivity contribution in [3.63, 3.8) is 0 Å². The van der Waals surface area contributed by atoms with Crippen molar-refractivity contribution in [3.05, 3.63) is 30.1 Å². The Morgan fingerprint density at radius 2 is 1.59 bits per heavy atom. The maximum atomic E-state index is 11.0. The summed E-state index contributed by atoms with van der Waals surface area (Å²) in [5.41, 5.74) is -0.642. The molecular weight excluding hydrogens is 324 g/mol. The smallest absolute Gasteiger partial charge is 0.364 e. The Morgan fingerprint density at radius 1 is 1.12 bits per heavy atom. The Bertz CT molecular complexity index is 447. The maximum Gasteiger partial charge on any atom is 0.374 e. The molecule has 0 bridgehead atoms. The minimum absolute atomic E-state index is 0. The molecule has 0 saturated carbocycles. The van der Waals surface area contributed by atoms with Crippen molar-refractivity contribution in [2.75, 3.05) is 0 Å². The summed E-state index contributed by atoms with van der Waals surface area (Å²) in [7, 11) is -11.0. The SMILES string of the molecule is O=P(O)(O)C(O)(c1cccnc1)P(=O)(O)O.[Cu]. The predicted molar refractivity (Wildman–Crippen MR) is 52.2 cm³/mol. The minimum atomic E-state index is -5.48. The van der Waals surface area contributed by atoms with Gasteiger partial charge >= 0.3 is 15.2 Å². The van der Waals surface area contributed by atoms with Gasteiger partial charge in [0.05, 0.1) is 0 Å². The number of hydrogen-bond acceptors (Lipinski definition) is 4. The fourth-order valence-corrected chi connectivity index (χ4v) is 3.36. The molecule has 1 aromatic heterocycles. The first kappa shape index (κ1) is 16.9. The van der Waals surface area contributed by atoms with E-state index in [4.69, 9.17) is 19.6 Å². The van der Waals surface area contributed by atoms with Crippen LogP contribution in [-0.2, 0) is 31.3 Å². The van der Waals surface area contributed by atoms with Crippen LogP contribution in [0.15, 0.2) is 24.5 Å². The average Bonchev–Trinajstić information content (AvgIpc) is 2.14. The minimum Gasteiger partial charge on any atom is -0.364 e. The zero-order chi connectivity index (χ0) is 12.6. The van der Waals surface area contributed by atoms with Gasteiger partial charge in [0.2, 0.25) is 0 Å². The van der Waals surface area contributed by atoms with E-state index in [-0.39, 0.29) is 17.1 Å². The van der Waals surface area contributed by atoms with Crippen molar-refractivity contribution in [1.29, 1.82) is 0 Å². The molecule has 0 aliphatic rings. The normalized spacial score (nSPS) is 13.0. The second kappa shape index (κ2) is 5.28. The second-order valence-corrected chi connectivity index (χ2v) is 6.79. The molecule has 17 heavy (non-hydrogen) atoms. The summed E-state index contributed by atoms with van der Waals surface area (Å²) in [6.07, 6.45) is 2.00. The van der Waals surface area contributed by atoms with Gasteiger partial charge in [-0.25, -0.2) is 0 Å². The summed E-state index contributed by atoms with van der Waals surface area (Å²) in [5.74, 6) is 0. The molecule has 0 amide bonds. The van der Waals surface area contributed by atoms with E-state index in [2.05, 4.69) is 4.98 Å². The first-order valence-electron chi connectivity index (χ1n) is 3.85. The third-order valence-electron chi connectivity index (χ3n) is 1.86. The summed E-state index contributed by atoms with van der Waals surface area (Å²) in [6.45, 7) is 0. The van der Waals surface area contributed by atoms with Gasteiger partial charge in [-0.2, -0.15) is 0 Å². The largest absolute Gasteiger partial charge is 0.374 e. The van der Waals surface area contributed by atoms with Gasteiger partial charge < -0.3 is 24.7 Å². The van der Waals surface area contributed by atoms with Crippen LogP contribution in [0.25, 0.3) is 0 Å². The summed E-state index contributed by atoms with van der Waals surface area (Å²) in [5, 5.41) is 6.03. The summed E-state index contributed by atoms with van der Waals surface area (Å²) >= 11 is 0. The van der Waals surface area contributed by atoms with Gasteiger partial charge in [-0.15, -0.1) is 0 Å². The zero-order valence-corrected chi connectivity index (χ0v) is 10.7. The van der Waals surface area contributed by atoms with Crippen molar-refractivity contribution in [1.82, 2.24) is 4.98 Å². The van der Waals surface area contributed by atoms with Crippen LogP contribution in [0.2, 0.25) is 0 Å². The molecular formula is C6H9CuNO7P2. The van der Waals surface area contributed by atoms with Crippen LogP contribution < -0.4 is 0 Å². The van der Waals surface area contributed by atoms with E-state index < -0.39 is 25.8 Å². The molecule has 1 heterocycles. The van der Waals surface area contributed by atoms with Crippen LogP contribution in [0, 0.1) is 0 Å². The Kier molecular flexibility index (Phi) is 5.26. The van der Waals surface area contributed by atoms with Crippen molar-refractivity contribution in [2.24, 2.45) is 0 Å². The van der Waals surface area contributed by atoms with Gasteiger partial charge in [0, 0.05) is 35.0 Å². The van der Waals surface area contributed by atoms with Gasteiger partial charge in [0.15, 0.2) is 0 Å². The van der Waals surface area contributed by atoms with Gasteiger partial charge in [-0.05, 0) is 6.07 Å². The first-order chi connectivity index (χ1) is 7.11.